The SMILES string of the molecule is CCCCCOC(=O)CCCCCCOC(C)=O. The molecular formula is C14H26O4. The molecule has 0 radical (unpaired) electrons. The maximum Gasteiger partial charge on any atom is 0.305 e. The third kappa shape index (κ3) is 13.0. The summed E-state index contributed by atoms with van der Waals surface area (Å²) in [6.45, 7) is 4.57. The molecule has 0 unspecified atom stereocenters. The maximum atomic E-state index is 11.3. The summed E-state index contributed by atoms with van der Waals surface area (Å²) < 4.78 is 9.91. The number of hydrogen-bond donors (Lipinski definition) is 0. The minimum Gasteiger partial charge on any atom is -0.466 e. The van der Waals surface area contributed by atoms with Gasteiger partial charge in [0, 0.05) is 13.3 Å². The second-order valence-electron chi connectivity index (χ2n) is 4.43. The van der Waals surface area contributed by atoms with Crippen LogP contribution in [-0.4, -0.2) is 25.2 Å². The molecule has 0 aromatic rings. The van der Waals surface area contributed by atoms with Crippen LogP contribution in [0.2, 0.25) is 0 Å². The Morgan fingerprint density at radius 1 is 0.833 bits per heavy atom. The van der Waals surface area contributed by atoms with Crippen molar-refractivity contribution >= 4 is 11.9 Å². The molecule has 0 aliphatic rings. The third-order valence-electron chi connectivity index (χ3n) is 2.59. The molecule has 0 aromatic heterocycles. The Hall–Kier alpha value is -1.06. The molecule has 0 N–H and O–H groups in total. The van der Waals surface area contributed by atoms with Crippen LogP contribution in [-0.2, 0) is 19.1 Å². The van der Waals surface area contributed by atoms with Gasteiger partial charge < -0.3 is 9.47 Å². The van der Waals surface area contributed by atoms with Crippen LogP contribution >= 0.6 is 0 Å². The molecule has 0 aromatic carbocycles. The van der Waals surface area contributed by atoms with Crippen LogP contribution < -0.4 is 0 Å². The molecule has 0 fully saturated rings. The summed E-state index contributed by atoms with van der Waals surface area (Å²) in [5.74, 6) is -0.322. The van der Waals surface area contributed by atoms with E-state index >= 15 is 0 Å². The molecule has 106 valence electrons. The summed E-state index contributed by atoms with van der Waals surface area (Å²) in [6, 6.07) is 0. The predicted molar refractivity (Wildman–Crippen MR) is 70.2 cm³/mol. The smallest absolute Gasteiger partial charge is 0.305 e. The molecule has 0 saturated heterocycles. The van der Waals surface area contributed by atoms with Gasteiger partial charge in [-0.1, -0.05) is 32.6 Å². The lowest BCUT2D eigenvalue weighted by Gasteiger charge is -2.04. The standard InChI is InChI=1S/C14H26O4/c1-3-4-8-12-18-14(16)10-7-5-6-9-11-17-13(2)15/h3-12H2,1-2H3. The maximum absolute atomic E-state index is 11.3. The van der Waals surface area contributed by atoms with E-state index in [2.05, 4.69) is 6.92 Å². The van der Waals surface area contributed by atoms with E-state index in [-0.39, 0.29) is 11.9 Å². The topological polar surface area (TPSA) is 52.6 Å². The van der Waals surface area contributed by atoms with Crippen LogP contribution in [0.15, 0.2) is 0 Å². The van der Waals surface area contributed by atoms with Crippen LogP contribution in [0.4, 0.5) is 0 Å². The van der Waals surface area contributed by atoms with Crippen LogP contribution in [0, 0.1) is 0 Å². The zero-order valence-electron chi connectivity index (χ0n) is 11.7. The van der Waals surface area contributed by atoms with Crippen molar-refractivity contribution in [3.63, 3.8) is 0 Å². The molecular weight excluding hydrogens is 232 g/mol. The van der Waals surface area contributed by atoms with Gasteiger partial charge in [-0.3, -0.25) is 9.59 Å². The van der Waals surface area contributed by atoms with Crippen molar-refractivity contribution in [1.29, 1.82) is 0 Å². The first-order valence-electron chi connectivity index (χ1n) is 6.95. The molecule has 0 rings (SSSR count). The van der Waals surface area contributed by atoms with E-state index in [4.69, 9.17) is 9.47 Å². The van der Waals surface area contributed by atoms with E-state index in [0.29, 0.717) is 19.6 Å². The van der Waals surface area contributed by atoms with Crippen molar-refractivity contribution in [2.75, 3.05) is 13.2 Å². The van der Waals surface area contributed by atoms with Gasteiger partial charge in [-0.25, -0.2) is 0 Å². The molecule has 0 atom stereocenters. The highest BCUT2D eigenvalue weighted by molar-refractivity contribution is 5.69. The molecule has 0 spiro atoms. The van der Waals surface area contributed by atoms with Gasteiger partial charge in [-0.15, -0.1) is 0 Å². The van der Waals surface area contributed by atoms with Crippen molar-refractivity contribution in [3.8, 4) is 0 Å². The molecule has 0 aliphatic carbocycles. The number of esters is 2. The van der Waals surface area contributed by atoms with E-state index < -0.39 is 0 Å². The highest BCUT2D eigenvalue weighted by atomic mass is 16.5. The van der Waals surface area contributed by atoms with Crippen LogP contribution in [0.1, 0.15) is 65.2 Å². The first-order valence-corrected chi connectivity index (χ1v) is 6.95. The second kappa shape index (κ2) is 12.4. The highest BCUT2D eigenvalue weighted by Crippen LogP contribution is 2.05. The van der Waals surface area contributed by atoms with Crippen molar-refractivity contribution in [3.05, 3.63) is 0 Å². The van der Waals surface area contributed by atoms with Gasteiger partial charge in [0.05, 0.1) is 13.2 Å². The van der Waals surface area contributed by atoms with Crippen LogP contribution in [0.25, 0.3) is 0 Å². The number of carbonyl (C=O) groups is 2. The van der Waals surface area contributed by atoms with Gasteiger partial charge >= 0.3 is 11.9 Å². The Balaban J connectivity index is 3.17. The molecule has 0 saturated carbocycles. The second-order valence-corrected chi connectivity index (χ2v) is 4.43. The lowest BCUT2D eigenvalue weighted by atomic mass is 10.1. The summed E-state index contributed by atoms with van der Waals surface area (Å²) in [5, 5.41) is 0. The quantitative estimate of drug-likeness (QED) is 0.422. The van der Waals surface area contributed by atoms with Gasteiger partial charge in [0.1, 0.15) is 0 Å². The van der Waals surface area contributed by atoms with Gasteiger partial charge in [0.25, 0.3) is 0 Å². The normalized spacial score (nSPS) is 10.1. The minimum absolute atomic E-state index is 0.0916. The minimum atomic E-state index is -0.231. The number of rotatable bonds is 11. The lowest BCUT2D eigenvalue weighted by Crippen LogP contribution is -2.05. The lowest BCUT2D eigenvalue weighted by molar-refractivity contribution is -0.144. The number of hydrogen-bond acceptors (Lipinski definition) is 4. The van der Waals surface area contributed by atoms with E-state index in [1.807, 2.05) is 0 Å². The summed E-state index contributed by atoms with van der Waals surface area (Å²) in [5.41, 5.74) is 0. The summed E-state index contributed by atoms with van der Waals surface area (Å²) in [7, 11) is 0. The molecule has 0 bridgehead atoms. The van der Waals surface area contributed by atoms with Crippen molar-refractivity contribution in [1.82, 2.24) is 0 Å². The molecule has 0 heterocycles. The largest absolute Gasteiger partial charge is 0.466 e. The van der Waals surface area contributed by atoms with Crippen molar-refractivity contribution < 1.29 is 19.1 Å². The van der Waals surface area contributed by atoms with Gasteiger partial charge in [0.2, 0.25) is 0 Å². The zero-order chi connectivity index (χ0) is 13.6. The van der Waals surface area contributed by atoms with E-state index in [9.17, 15) is 9.59 Å². The third-order valence-corrected chi connectivity index (χ3v) is 2.59. The fourth-order valence-electron chi connectivity index (χ4n) is 1.55. The number of unbranched alkanes of at least 4 members (excludes halogenated alkanes) is 5. The Labute approximate surface area is 110 Å². The molecule has 0 aliphatic heterocycles. The van der Waals surface area contributed by atoms with Gasteiger partial charge in [0.15, 0.2) is 0 Å². The van der Waals surface area contributed by atoms with Crippen molar-refractivity contribution in [2.45, 2.75) is 65.2 Å². The van der Waals surface area contributed by atoms with E-state index in [0.717, 1.165) is 44.9 Å². The fraction of sp³-hybridized carbons (Fsp3) is 0.857. The first-order chi connectivity index (χ1) is 8.66. The Bertz CT molecular complexity index is 226. The predicted octanol–water partition coefficient (Wildman–Crippen LogP) is 3.23. The molecule has 4 heteroatoms. The Morgan fingerprint density at radius 3 is 2.11 bits per heavy atom. The fourth-order valence-corrected chi connectivity index (χ4v) is 1.55. The summed E-state index contributed by atoms with van der Waals surface area (Å²) in [4.78, 5) is 21.8. The van der Waals surface area contributed by atoms with Gasteiger partial charge in [-0.2, -0.15) is 0 Å². The summed E-state index contributed by atoms with van der Waals surface area (Å²) >= 11 is 0. The van der Waals surface area contributed by atoms with Crippen LogP contribution in [0.3, 0.4) is 0 Å². The average molecular weight is 258 g/mol. The Kier molecular flexibility index (Phi) is 11.7. The van der Waals surface area contributed by atoms with E-state index in [1.165, 1.54) is 6.92 Å². The summed E-state index contributed by atoms with van der Waals surface area (Å²) in [6.07, 6.45) is 7.40. The number of carbonyl (C=O) groups excluding carboxylic acids is 2. The van der Waals surface area contributed by atoms with Crippen LogP contribution in [0.5, 0.6) is 0 Å². The first kappa shape index (κ1) is 16.9. The monoisotopic (exact) mass is 258 g/mol. The zero-order valence-corrected chi connectivity index (χ0v) is 11.7. The van der Waals surface area contributed by atoms with Gasteiger partial charge in [-0.05, 0) is 19.3 Å². The average Bonchev–Trinajstić information content (AvgIpc) is 2.33. The molecule has 0 amide bonds. The Morgan fingerprint density at radius 2 is 1.44 bits per heavy atom. The number of ether oxygens (including phenoxy) is 2. The molecule has 18 heavy (non-hydrogen) atoms. The van der Waals surface area contributed by atoms with Crippen molar-refractivity contribution in [2.24, 2.45) is 0 Å². The van der Waals surface area contributed by atoms with E-state index in [1.54, 1.807) is 0 Å². The highest BCUT2D eigenvalue weighted by Gasteiger charge is 2.02. The molecule has 4 nitrogen and oxygen atoms in total.